The van der Waals surface area contributed by atoms with Gasteiger partial charge in [-0.1, -0.05) is 6.07 Å². The fourth-order valence-corrected chi connectivity index (χ4v) is 5.58. The second-order valence-corrected chi connectivity index (χ2v) is 8.01. The van der Waals surface area contributed by atoms with Crippen molar-refractivity contribution in [1.29, 1.82) is 0 Å². The number of rotatable bonds is 4. The summed E-state index contributed by atoms with van der Waals surface area (Å²) in [5, 5.41) is 16.0. The number of methoxy groups -OCH3 is 1. The van der Waals surface area contributed by atoms with E-state index in [2.05, 4.69) is 10.6 Å². The summed E-state index contributed by atoms with van der Waals surface area (Å²) >= 11 is 0. The lowest BCUT2D eigenvalue weighted by molar-refractivity contribution is -0.0135. The molecule has 24 heavy (non-hydrogen) atoms. The quantitative estimate of drug-likeness (QED) is 0.794. The summed E-state index contributed by atoms with van der Waals surface area (Å²) in [5.41, 5.74) is 0.884. The third-order valence-corrected chi connectivity index (χ3v) is 6.11. The molecule has 4 bridgehead atoms. The number of carbonyl (C=O) groups is 1. The summed E-state index contributed by atoms with van der Waals surface area (Å²) in [7, 11) is 1.52. The molecule has 4 saturated carbocycles. The standard InChI is InChI=1S/C19H26N2O3/c1-24-17-3-2-12(7-16(17)22)11-20-18(23)21-19-8-13-4-14(9-19)6-15(5-13)10-19/h2-3,7,13-15,22H,4-6,8-11H2,1H3,(H2,20,21,23). The van der Waals surface area contributed by atoms with E-state index < -0.39 is 0 Å². The van der Waals surface area contributed by atoms with Crippen LogP contribution >= 0.6 is 0 Å². The van der Waals surface area contributed by atoms with Gasteiger partial charge in [-0.15, -0.1) is 0 Å². The first kappa shape index (κ1) is 15.6. The molecule has 0 atom stereocenters. The Bertz CT molecular complexity index is 608. The number of hydrogen-bond acceptors (Lipinski definition) is 3. The normalized spacial score (nSPS) is 33.3. The number of amides is 2. The van der Waals surface area contributed by atoms with Crippen molar-refractivity contribution < 1.29 is 14.6 Å². The van der Waals surface area contributed by atoms with Gasteiger partial charge >= 0.3 is 6.03 Å². The Morgan fingerprint density at radius 1 is 1.21 bits per heavy atom. The van der Waals surface area contributed by atoms with Gasteiger partial charge in [0.2, 0.25) is 0 Å². The Balaban J connectivity index is 1.35. The maximum atomic E-state index is 12.4. The monoisotopic (exact) mass is 330 g/mol. The van der Waals surface area contributed by atoms with Crippen LogP contribution < -0.4 is 15.4 Å². The van der Waals surface area contributed by atoms with Gasteiger partial charge in [0.05, 0.1) is 7.11 Å². The number of carbonyl (C=O) groups excluding carboxylic acids is 1. The molecular weight excluding hydrogens is 304 g/mol. The minimum absolute atomic E-state index is 0.0287. The van der Waals surface area contributed by atoms with E-state index in [4.69, 9.17) is 4.74 Å². The molecule has 0 saturated heterocycles. The van der Waals surface area contributed by atoms with Gasteiger partial charge in [0.15, 0.2) is 11.5 Å². The minimum atomic E-state index is -0.0905. The second kappa shape index (κ2) is 5.87. The van der Waals surface area contributed by atoms with Crippen molar-refractivity contribution in [3.05, 3.63) is 23.8 Å². The third kappa shape index (κ3) is 2.92. The third-order valence-electron chi connectivity index (χ3n) is 6.11. The maximum Gasteiger partial charge on any atom is 0.315 e. The van der Waals surface area contributed by atoms with Gasteiger partial charge in [-0.05, 0) is 74.0 Å². The molecule has 5 nitrogen and oxygen atoms in total. The molecule has 4 aliphatic rings. The van der Waals surface area contributed by atoms with Crippen molar-refractivity contribution in [1.82, 2.24) is 10.6 Å². The molecule has 0 radical (unpaired) electrons. The van der Waals surface area contributed by atoms with Gasteiger partial charge in [-0.2, -0.15) is 0 Å². The Hall–Kier alpha value is -1.91. The first-order chi connectivity index (χ1) is 11.5. The van der Waals surface area contributed by atoms with Gasteiger partial charge in [0.25, 0.3) is 0 Å². The molecule has 0 aromatic heterocycles. The van der Waals surface area contributed by atoms with Crippen molar-refractivity contribution in [3.63, 3.8) is 0 Å². The summed E-state index contributed by atoms with van der Waals surface area (Å²) < 4.78 is 5.03. The van der Waals surface area contributed by atoms with Crippen molar-refractivity contribution in [2.45, 2.75) is 50.6 Å². The lowest BCUT2D eigenvalue weighted by Crippen LogP contribution is -2.61. The molecule has 130 valence electrons. The molecule has 3 N–H and O–H groups in total. The predicted octanol–water partition coefficient (Wildman–Crippen LogP) is 3.17. The van der Waals surface area contributed by atoms with Crippen LogP contribution in [-0.4, -0.2) is 23.8 Å². The summed E-state index contributed by atoms with van der Waals surface area (Å²) in [6, 6.07) is 5.10. The number of aromatic hydroxyl groups is 1. The number of phenols is 1. The number of nitrogens with one attached hydrogen (secondary N) is 2. The van der Waals surface area contributed by atoms with E-state index in [1.54, 1.807) is 12.1 Å². The highest BCUT2D eigenvalue weighted by molar-refractivity contribution is 5.75. The van der Waals surface area contributed by atoms with Crippen molar-refractivity contribution in [2.75, 3.05) is 7.11 Å². The average molecular weight is 330 g/mol. The van der Waals surface area contributed by atoms with Gasteiger partial charge in [-0.25, -0.2) is 4.79 Å². The van der Waals surface area contributed by atoms with Crippen molar-refractivity contribution in [2.24, 2.45) is 17.8 Å². The van der Waals surface area contributed by atoms with Crippen LogP contribution in [0.1, 0.15) is 44.1 Å². The summed E-state index contributed by atoms with van der Waals surface area (Å²) in [5.74, 6) is 2.98. The smallest absolute Gasteiger partial charge is 0.315 e. The molecule has 4 fully saturated rings. The maximum absolute atomic E-state index is 12.4. The first-order valence-electron chi connectivity index (χ1n) is 8.97. The van der Waals surface area contributed by atoms with Crippen LogP contribution in [0.4, 0.5) is 4.79 Å². The molecule has 1 aromatic rings. The number of ether oxygens (including phenoxy) is 1. The molecule has 2 amide bonds. The lowest BCUT2D eigenvalue weighted by atomic mass is 9.53. The van der Waals surface area contributed by atoms with E-state index in [-0.39, 0.29) is 17.3 Å². The molecule has 5 rings (SSSR count). The zero-order chi connectivity index (χ0) is 16.7. The zero-order valence-corrected chi connectivity index (χ0v) is 14.2. The highest BCUT2D eigenvalue weighted by Crippen LogP contribution is 2.55. The molecule has 5 heteroatoms. The summed E-state index contributed by atoms with van der Waals surface area (Å²) in [6.07, 6.45) is 7.55. The van der Waals surface area contributed by atoms with Crippen molar-refractivity contribution in [3.8, 4) is 11.5 Å². The second-order valence-electron chi connectivity index (χ2n) is 8.01. The van der Waals surface area contributed by atoms with Crippen LogP contribution in [0.2, 0.25) is 0 Å². The minimum Gasteiger partial charge on any atom is -0.504 e. The van der Waals surface area contributed by atoms with Crippen LogP contribution in [0.15, 0.2) is 18.2 Å². The highest BCUT2D eigenvalue weighted by Gasteiger charge is 2.51. The van der Waals surface area contributed by atoms with Gasteiger partial charge in [0.1, 0.15) is 0 Å². The Labute approximate surface area is 142 Å². The number of benzene rings is 1. The van der Waals surface area contributed by atoms with E-state index in [0.29, 0.717) is 12.3 Å². The fraction of sp³-hybridized carbons (Fsp3) is 0.632. The number of hydrogen-bond donors (Lipinski definition) is 3. The Morgan fingerprint density at radius 3 is 2.38 bits per heavy atom. The zero-order valence-electron chi connectivity index (χ0n) is 14.2. The van der Waals surface area contributed by atoms with Gasteiger partial charge in [0, 0.05) is 12.1 Å². The largest absolute Gasteiger partial charge is 0.504 e. The van der Waals surface area contributed by atoms with Crippen LogP contribution in [0, 0.1) is 17.8 Å². The molecule has 1 aromatic carbocycles. The topological polar surface area (TPSA) is 70.6 Å². The van der Waals surface area contributed by atoms with Crippen LogP contribution in [-0.2, 0) is 6.54 Å². The van der Waals surface area contributed by atoms with E-state index in [9.17, 15) is 9.90 Å². The van der Waals surface area contributed by atoms with Crippen molar-refractivity contribution >= 4 is 6.03 Å². The van der Waals surface area contributed by atoms with E-state index in [1.807, 2.05) is 6.07 Å². The van der Waals surface area contributed by atoms with E-state index in [0.717, 1.165) is 42.6 Å². The lowest BCUT2D eigenvalue weighted by Gasteiger charge is -2.56. The van der Waals surface area contributed by atoms with Crippen LogP contribution in [0.25, 0.3) is 0 Å². The Kier molecular flexibility index (Phi) is 3.82. The predicted molar refractivity (Wildman–Crippen MR) is 90.9 cm³/mol. The summed E-state index contributed by atoms with van der Waals surface area (Å²) in [6.45, 7) is 0.399. The summed E-state index contributed by atoms with van der Waals surface area (Å²) in [4.78, 5) is 12.4. The fourth-order valence-electron chi connectivity index (χ4n) is 5.58. The average Bonchev–Trinajstić information content (AvgIpc) is 2.51. The molecule has 4 aliphatic carbocycles. The van der Waals surface area contributed by atoms with Gasteiger partial charge in [-0.3, -0.25) is 0 Å². The SMILES string of the molecule is COc1ccc(CNC(=O)NC23CC4CC(CC(C4)C2)C3)cc1O. The molecule has 0 unspecified atom stereocenters. The number of urea groups is 1. The van der Waals surface area contributed by atoms with Crippen LogP contribution in [0.3, 0.4) is 0 Å². The highest BCUT2D eigenvalue weighted by atomic mass is 16.5. The van der Waals surface area contributed by atoms with Crippen LogP contribution in [0.5, 0.6) is 11.5 Å². The van der Waals surface area contributed by atoms with E-state index in [1.165, 1.54) is 26.4 Å². The molecular formula is C19H26N2O3. The van der Waals surface area contributed by atoms with Gasteiger partial charge < -0.3 is 20.5 Å². The number of phenolic OH excluding ortho intramolecular Hbond substituents is 1. The molecule has 0 spiro atoms. The molecule has 0 heterocycles. The first-order valence-corrected chi connectivity index (χ1v) is 8.97. The molecule has 0 aliphatic heterocycles. The Morgan fingerprint density at radius 2 is 1.83 bits per heavy atom. The van der Waals surface area contributed by atoms with E-state index >= 15 is 0 Å².